The standard InChI is InChI=1S/C29H44N4.4ClH/c30-17-7-12-21-32-20-9-1-8-18-31-19-10-2-11-22-33-24-29-27-15-5-3-13-25(27)23-26-14-4-6-16-28(26)29;;;;/h3-6,13-16,23,31-33H,1-2,7-12,17-22,24,30H2;4*1H. The topological polar surface area (TPSA) is 77.5 Å². The molecule has 3 rings (SSSR count). The van der Waals surface area contributed by atoms with Gasteiger partial charge in [0.25, 0.3) is 0 Å². The van der Waals surface area contributed by atoms with Gasteiger partial charge in [0.1, 0.15) is 6.54 Å². The van der Waals surface area contributed by atoms with E-state index in [0.29, 0.717) is 0 Å². The zero-order valence-corrected chi connectivity index (χ0v) is 25.3. The zero-order chi connectivity index (χ0) is 23.0. The molecule has 0 saturated carbocycles. The summed E-state index contributed by atoms with van der Waals surface area (Å²) in [6.45, 7) is 8.58. The lowest BCUT2D eigenvalue weighted by molar-refractivity contribution is -0.671. The Morgan fingerprint density at radius 3 is 1.35 bits per heavy atom. The first-order chi connectivity index (χ1) is 16.4. The molecular formula is C29H48Cl4N4. The van der Waals surface area contributed by atoms with E-state index in [1.807, 2.05) is 0 Å². The maximum atomic E-state index is 3.90. The summed E-state index contributed by atoms with van der Waals surface area (Å²) in [7, 11) is 0. The van der Waals surface area contributed by atoms with Crippen LogP contribution in [0.15, 0.2) is 54.6 Å². The Morgan fingerprint density at radius 1 is 0.486 bits per heavy atom. The third kappa shape index (κ3) is 14.2. The fraction of sp³-hybridized carbons (Fsp3) is 0.517. The molecule has 0 spiro atoms. The van der Waals surface area contributed by atoms with Crippen LogP contribution in [0.5, 0.6) is 0 Å². The van der Waals surface area contributed by atoms with E-state index in [-0.39, 0.29) is 49.6 Å². The van der Waals surface area contributed by atoms with Gasteiger partial charge in [-0.3, -0.25) is 0 Å². The second kappa shape index (κ2) is 24.2. The van der Waals surface area contributed by atoms with Crippen LogP contribution in [0, 0.1) is 0 Å². The molecule has 0 heterocycles. The van der Waals surface area contributed by atoms with Gasteiger partial charge >= 0.3 is 0 Å². The molecule has 3 aromatic carbocycles. The molecule has 0 aliphatic carbocycles. The summed E-state index contributed by atoms with van der Waals surface area (Å²) in [6, 6.07) is 20.0. The van der Waals surface area contributed by atoms with Gasteiger partial charge < -0.3 is 71.3 Å². The summed E-state index contributed by atoms with van der Waals surface area (Å²) in [5, 5.41) is 13.1. The van der Waals surface area contributed by atoms with E-state index >= 15 is 0 Å². The number of hydrogen-bond acceptors (Lipinski definition) is 0. The smallest absolute Gasteiger partial charge is 0.102 e. The Morgan fingerprint density at radius 2 is 0.892 bits per heavy atom. The Labute approximate surface area is 249 Å². The van der Waals surface area contributed by atoms with Crippen molar-refractivity contribution in [2.24, 2.45) is 0 Å². The first-order valence-corrected chi connectivity index (χ1v) is 13.5. The molecule has 0 aliphatic heterocycles. The van der Waals surface area contributed by atoms with Gasteiger partial charge in [0.2, 0.25) is 0 Å². The van der Waals surface area contributed by atoms with Gasteiger partial charge in [0.15, 0.2) is 0 Å². The number of quaternary nitrogens is 4. The highest BCUT2D eigenvalue weighted by Crippen LogP contribution is 2.27. The SMILES string of the molecule is [Cl-].[Cl-].[Cl-].[Cl-].[NH3+]CCCC[NH2+]CCCCC[NH2+]CCCCC[NH2+]Cc1c2ccccc2cc2ccccc12. The normalized spacial score (nSPS) is 10.3. The number of halogens is 4. The Hall–Kier alpha value is -0.820. The summed E-state index contributed by atoms with van der Waals surface area (Å²) in [6.07, 6.45) is 10.8. The minimum absolute atomic E-state index is 0. The van der Waals surface area contributed by atoms with Crippen LogP contribution in [0.2, 0.25) is 0 Å². The first-order valence-electron chi connectivity index (χ1n) is 13.5. The van der Waals surface area contributed by atoms with Gasteiger partial charge in [-0.25, -0.2) is 0 Å². The molecule has 0 atom stereocenters. The predicted octanol–water partition coefficient (Wildman–Crippen LogP) is -10.4. The number of rotatable bonds is 18. The third-order valence-electron chi connectivity index (χ3n) is 6.77. The van der Waals surface area contributed by atoms with Crippen LogP contribution in [0.25, 0.3) is 21.5 Å². The Bertz CT molecular complexity index is 888. The van der Waals surface area contributed by atoms with Gasteiger partial charge in [-0.2, -0.15) is 0 Å². The van der Waals surface area contributed by atoms with Crippen LogP contribution in [0.3, 0.4) is 0 Å². The Balaban J connectivity index is 0. The third-order valence-corrected chi connectivity index (χ3v) is 6.77. The Kier molecular flexibility index (Phi) is 25.1. The number of fused-ring (bicyclic) bond motifs is 2. The van der Waals surface area contributed by atoms with Gasteiger partial charge in [0, 0.05) is 18.4 Å². The molecule has 212 valence electrons. The molecule has 0 fully saturated rings. The van der Waals surface area contributed by atoms with Crippen LogP contribution in [0.4, 0.5) is 0 Å². The van der Waals surface area contributed by atoms with E-state index in [1.165, 1.54) is 111 Å². The molecule has 3 aromatic rings. The van der Waals surface area contributed by atoms with Crippen molar-refractivity contribution >= 4 is 21.5 Å². The molecule has 9 N–H and O–H groups in total. The maximum Gasteiger partial charge on any atom is 0.102 e. The molecule has 0 aliphatic rings. The van der Waals surface area contributed by atoms with Crippen molar-refractivity contribution < 1.29 is 71.3 Å². The van der Waals surface area contributed by atoms with Crippen LogP contribution in [-0.4, -0.2) is 39.3 Å². The van der Waals surface area contributed by atoms with Crippen molar-refractivity contribution in [1.29, 1.82) is 0 Å². The lowest BCUT2D eigenvalue weighted by Gasteiger charge is -2.11. The van der Waals surface area contributed by atoms with Crippen LogP contribution >= 0.6 is 0 Å². The van der Waals surface area contributed by atoms with E-state index in [0.717, 1.165) is 13.1 Å². The highest BCUT2D eigenvalue weighted by molar-refractivity contribution is 6.02. The monoisotopic (exact) mass is 592 g/mol. The molecule has 0 bridgehead atoms. The maximum absolute atomic E-state index is 3.90. The second-order valence-electron chi connectivity index (χ2n) is 9.49. The fourth-order valence-corrected chi connectivity index (χ4v) is 4.84. The molecular weight excluding hydrogens is 546 g/mol. The van der Waals surface area contributed by atoms with E-state index in [9.17, 15) is 0 Å². The van der Waals surface area contributed by atoms with Gasteiger partial charge in [0.05, 0.1) is 39.3 Å². The molecule has 0 aromatic heterocycles. The molecule has 0 unspecified atom stereocenters. The number of nitrogens with two attached hydrogens (primary N) is 3. The van der Waals surface area contributed by atoms with E-state index < -0.39 is 0 Å². The first kappa shape index (κ1) is 38.3. The van der Waals surface area contributed by atoms with Crippen molar-refractivity contribution in [3.8, 4) is 0 Å². The summed E-state index contributed by atoms with van der Waals surface area (Å²) < 4.78 is 0. The number of hydrogen-bond donors (Lipinski definition) is 4. The van der Waals surface area contributed by atoms with Crippen LogP contribution < -0.4 is 71.3 Å². The van der Waals surface area contributed by atoms with Crippen LogP contribution in [0.1, 0.15) is 56.9 Å². The number of unbranched alkanes of at least 4 members (excludes halogenated alkanes) is 5. The van der Waals surface area contributed by atoms with Crippen molar-refractivity contribution in [2.45, 2.75) is 57.9 Å². The summed E-state index contributed by atoms with van der Waals surface area (Å²) in [4.78, 5) is 0. The van der Waals surface area contributed by atoms with Crippen LogP contribution in [-0.2, 0) is 6.54 Å². The minimum atomic E-state index is 0. The molecule has 0 saturated heterocycles. The van der Waals surface area contributed by atoms with Gasteiger partial charge in [-0.05, 0) is 66.1 Å². The van der Waals surface area contributed by atoms with E-state index in [1.54, 1.807) is 0 Å². The molecule has 4 nitrogen and oxygen atoms in total. The lowest BCUT2D eigenvalue weighted by Crippen LogP contribution is -3.00. The predicted molar refractivity (Wildman–Crippen MR) is 140 cm³/mol. The minimum Gasteiger partial charge on any atom is -1.00 e. The average molecular weight is 595 g/mol. The summed E-state index contributed by atoms with van der Waals surface area (Å²) >= 11 is 0. The fourth-order valence-electron chi connectivity index (χ4n) is 4.84. The van der Waals surface area contributed by atoms with Crippen molar-refractivity contribution in [2.75, 3.05) is 39.3 Å². The molecule has 37 heavy (non-hydrogen) atoms. The molecule has 0 radical (unpaired) electrons. The quantitative estimate of drug-likeness (QED) is 0.0835. The summed E-state index contributed by atoms with van der Waals surface area (Å²) in [5.74, 6) is 0. The zero-order valence-electron chi connectivity index (χ0n) is 22.3. The second-order valence-corrected chi connectivity index (χ2v) is 9.49. The highest BCUT2D eigenvalue weighted by atomic mass is 35.5. The summed E-state index contributed by atoms with van der Waals surface area (Å²) in [5.41, 5.74) is 5.40. The van der Waals surface area contributed by atoms with Gasteiger partial charge in [-0.1, -0.05) is 48.5 Å². The largest absolute Gasteiger partial charge is 1.00 e. The molecule has 8 heteroatoms. The highest BCUT2D eigenvalue weighted by Gasteiger charge is 2.08. The number of benzene rings is 3. The van der Waals surface area contributed by atoms with Crippen molar-refractivity contribution in [3.63, 3.8) is 0 Å². The van der Waals surface area contributed by atoms with Crippen molar-refractivity contribution in [3.05, 3.63) is 60.2 Å². The van der Waals surface area contributed by atoms with E-state index in [4.69, 9.17) is 0 Å². The van der Waals surface area contributed by atoms with Crippen molar-refractivity contribution in [1.82, 2.24) is 0 Å². The lowest BCUT2D eigenvalue weighted by atomic mass is 9.97. The van der Waals surface area contributed by atoms with E-state index in [2.05, 4.69) is 76.3 Å². The van der Waals surface area contributed by atoms with Gasteiger partial charge in [-0.15, -0.1) is 0 Å². The average Bonchev–Trinajstić information content (AvgIpc) is 2.85. The molecule has 0 amide bonds.